The van der Waals surface area contributed by atoms with Gasteiger partial charge in [0.25, 0.3) is 0 Å². The van der Waals surface area contributed by atoms with E-state index in [-0.39, 0.29) is 18.6 Å². The quantitative estimate of drug-likeness (QED) is 0.737. The van der Waals surface area contributed by atoms with Gasteiger partial charge in [-0.05, 0) is 24.5 Å². The van der Waals surface area contributed by atoms with Crippen LogP contribution in [0.4, 0.5) is 0 Å². The number of carbonyl (C=O) groups excluding carboxylic acids is 1. The molecule has 17 heavy (non-hydrogen) atoms. The monoisotopic (exact) mass is 234 g/mol. The summed E-state index contributed by atoms with van der Waals surface area (Å²) in [4.78, 5) is 22.1. The Morgan fingerprint density at radius 1 is 1.24 bits per heavy atom. The molecular formula is C14H18O3. The minimum Gasteiger partial charge on any atom is -0.481 e. The number of hydrogen-bond donors (Lipinski definition) is 1. The zero-order valence-electron chi connectivity index (χ0n) is 10.1. The van der Waals surface area contributed by atoms with Crippen LogP contribution in [0.2, 0.25) is 0 Å². The van der Waals surface area contributed by atoms with E-state index < -0.39 is 5.97 Å². The van der Waals surface area contributed by atoms with Crippen molar-refractivity contribution in [2.45, 2.75) is 39.0 Å². The molecule has 1 aromatic carbocycles. The van der Waals surface area contributed by atoms with E-state index >= 15 is 0 Å². The summed E-state index contributed by atoms with van der Waals surface area (Å²) < 4.78 is 0. The van der Waals surface area contributed by atoms with Gasteiger partial charge in [0.05, 0.1) is 6.42 Å². The van der Waals surface area contributed by atoms with Crippen LogP contribution in [-0.4, -0.2) is 16.9 Å². The molecule has 1 N–H and O–H groups in total. The van der Waals surface area contributed by atoms with Crippen LogP contribution in [-0.2, 0) is 11.2 Å². The Morgan fingerprint density at radius 3 is 2.65 bits per heavy atom. The van der Waals surface area contributed by atoms with Crippen molar-refractivity contribution in [2.75, 3.05) is 0 Å². The molecule has 0 spiro atoms. The lowest BCUT2D eigenvalue weighted by Gasteiger charge is -2.03. The zero-order chi connectivity index (χ0) is 12.7. The molecule has 1 aromatic rings. The molecule has 92 valence electrons. The number of carboxylic acid groups (broad SMARTS) is 1. The van der Waals surface area contributed by atoms with E-state index in [0.29, 0.717) is 5.56 Å². The van der Waals surface area contributed by atoms with E-state index in [2.05, 4.69) is 6.92 Å². The average molecular weight is 234 g/mol. The molecule has 0 unspecified atom stereocenters. The molecule has 0 aliphatic rings. The highest BCUT2D eigenvalue weighted by atomic mass is 16.4. The van der Waals surface area contributed by atoms with Gasteiger partial charge in [-0.25, -0.2) is 0 Å². The Balaban J connectivity index is 2.63. The molecule has 0 saturated carbocycles. The van der Waals surface area contributed by atoms with Crippen LogP contribution in [0, 0.1) is 0 Å². The van der Waals surface area contributed by atoms with Crippen molar-refractivity contribution in [3.63, 3.8) is 0 Å². The Morgan fingerprint density at radius 2 is 2.00 bits per heavy atom. The number of Topliss-reactive ketones (excluding diaryl/α,β-unsaturated/α-hetero) is 1. The molecular weight excluding hydrogens is 216 g/mol. The van der Waals surface area contributed by atoms with Crippen LogP contribution >= 0.6 is 0 Å². The number of carbonyl (C=O) groups is 2. The predicted octanol–water partition coefficient (Wildman–Crippen LogP) is 3.08. The van der Waals surface area contributed by atoms with E-state index in [4.69, 9.17) is 5.11 Å². The first-order chi connectivity index (χ1) is 8.13. The molecule has 0 aliphatic heterocycles. The lowest BCUT2D eigenvalue weighted by Crippen LogP contribution is -2.04. The Bertz CT molecular complexity index is 396. The maximum atomic E-state index is 11.7. The summed E-state index contributed by atoms with van der Waals surface area (Å²) in [7, 11) is 0. The van der Waals surface area contributed by atoms with Gasteiger partial charge in [-0.1, -0.05) is 31.5 Å². The summed E-state index contributed by atoms with van der Waals surface area (Å²) in [5.74, 6) is -1.02. The fourth-order valence-corrected chi connectivity index (χ4v) is 1.65. The minimum absolute atomic E-state index is 0.0760. The average Bonchev–Trinajstić information content (AvgIpc) is 2.33. The topological polar surface area (TPSA) is 54.4 Å². The van der Waals surface area contributed by atoms with Crippen molar-refractivity contribution >= 4 is 11.8 Å². The summed E-state index contributed by atoms with van der Waals surface area (Å²) in [5.41, 5.74) is 1.77. The molecule has 0 atom stereocenters. The van der Waals surface area contributed by atoms with Gasteiger partial charge in [0.1, 0.15) is 0 Å². The highest BCUT2D eigenvalue weighted by Gasteiger charge is 2.08. The highest BCUT2D eigenvalue weighted by molar-refractivity contribution is 5.97. The first-order valence-electron chi connectivity index (χ1n) is 5.97. The fraction of sp³-hybridized carbons (Fsp3) is 0.429. The van der Waals surface area contributed by atoms with Crippen LogP contribution in [0.5, 0.6) is 0 Å². The third-order valence-corrected chi connectivity index (χ3v) is 2.63. The van der Waals surface area contributed by atoms with Crippen LogP contribution in [0.25, 0.3) is 0 Å². The van der Waals surface area contributed by atoms with Gasteiger partial charge in [-0.15, -0.1) is 0 Å². The third kappa shape index (κ3) is 4.81. The summed E-state index contributed by atoms with van der Waals surface area (Å²) >= 11 is 0. The standard InChI is InChI=1S/C14H18O3/c1-2-3-5-11-6-4-7-12(10-11)13(15)8-9-14(16)17/h4,6-7,10H,2-3,5,8-9H2,1H3,(H,16,17). The van der Waals surface area contributed by atoms with E-state index in [1.54, 1.807) is 6.07 Å². The van der Waals surface area contributed by atoms with Crippen LogP contribution < -0.4 is 0 Å². The maximum Gasteiger partial charge on any atom is 0.303 e. The zero-order valence-corrected chi connectivity index (χ0v) is 10.1. The SMILES string of the molecule is CCCCc1cccc(C(=O)CCC(=O)O)c1. The highest BCUT2D eigenvalue weighted by Crippen LogP contribution is 2.11. The second kappa shape index (κ2) is 6.84. The van der Waals surface area contributed by atoms with Gasteiger partial charge in [0, 0.05) is 12.0 Å². The summed E-state index contributed by atoms with van der Waals surface area (Å²) in [6.07, 6.45) is 3.17. The fourth-order valence-electron chi connectivity index (χ4n) is 1.65. The first kappa shape index (κ1) is 13.4. The van der Waals surface area contributed by atoms with E-state index in [0.717, 1.165) is 24.8 Å². The number of aliphatic carboxylic acids is 1. The largest absolute Gasteiger partial charge is 0.481 e. The lowest BCUT2D eigenvalue weighted by atomic mass is 10.0. The normalized spacial score (nSPS) is 10.2. The van der Waals surface area contributed by atoms with Gasteiger partial charge in [-0.3, -0.25) is 9.59 Å². The molecule has 3 nitrogen and oxygen atoms in total. The number of unbranched alkanes of at least 4 members (excludes halogenated alkanes) is 1. The minimum atomic E-state index is -0.930. The van der Waals surface area contributed by atoms with Crippen LogP contribution in [0.15, 0.2) is 24.3 Å². The molecule has 3 heteroatoms. The lowest BCUT2D eigenvalue weighted by molar-refractivity contribution is -0.136. The number of benzene rings is 1. The third-order valence-electron chi connectivity index (χ3n) is 2.63. The number of rotatable bonds is 7. The predicted molar refractivity (Wildman–Crippen MR) is 66.3 cm³/mol. The van der Waals surface area contributed by atoms with Crippen molar-refractivity contribution in [3.05, 3.63) is 35.4 Å². The number of carboxylic acids is 1. The summed E-state index contributed by atoms with van der Waals surface area (Å²) in [6.45, 7) is 2.13. The van der Waals surface area contributed by atoms with E-state index in [1.165, 1.54) is 0 Å². The molecule has 1 rings (SSSR count). The van der Waals surface area contributed by atoms with Crippen molar-refractivity contribution in [1.29, 1.82) is 0 Å². The van der Waals surface area contributed by atoms with E-state index in [9.17, 15) is 9.59 Å². The Hall–Kier alpha value is -1.64. The molecule has 0 heterocycles. The molecule has 0 aliphatic carbocycles. The van der Waals surface area contributed by atoms with Gasteiger partial charge in [-0.2, -0.15) is 0 Å². The van der Waals surface area contributed by atoms with Crippen molar-refractivity contribution in [3.8, 4) is 0 Å². The van der Waals surface area contributed by atoms with Gasteiger partial charge in [0.15, 0.2) is 5.78 Å². The van der Waals surface area contributed by atoms with Gasteiger partial charge >= 0.3 is 5.97 Å². The molecule has 0 bridgehead atoms. The smallest absolute Gasteiger partial charge is 0.303 e. The number of aryl methyl sites for hydroxylation is 1. The maximum absolute atomic E-state index is 11.7. The molecule has 0 fully saturated rings. The molecule has 0 aromatic heterocycles. The van der Waals surface area contributed by atoms with Gasteiger partial charge in [0.2, 0.25) is 0 Å². The van der Waals surface area contributed by atoms with Crippen molar-refractivity contribution in [1.82, 2.24) is 0 Å². The molecule has 0 radical (unpaired) electrons. The molecule has 0 saturated heterocycles. The van der Waals surface area contributed by atoms with Gasteiger partial charge < -0.3 is 5.11 Å². The molecule has 0 amide bonds. The second-order valence-electron chi connectivity index (χ2n) is 4.12. The van der Waals surface area contributed by atoms with Crippen LogP contribution in [0.1, 0.15) is 48.5 Å². The van der Waals surface area contributed by atoms with E-state index in [1.807, 2.05) is 18.2 Å². The Kier molecular flexibility index (Phi) is 5.40. The van der Waals surface area contributed by atoms with Crippen LogP contribution in [0.3, 0.4) is 0 Å². The number of ketones is 1. The van der Waals surface area contributed by atoms with Crippen molar-refractivity contribution in [2.24, 2.45) is 0 Å². The second-order valence-corrected chi connectivity index (χ2v) is 4.12. The summed E-state index contributed by atoms with van der Waals surface area (Å²) in [5, 5.41) is 8.53. The number of hydrogen-bond acceptors (Lipinski definition) is 2. The summed E-state index contributed by atoms with van der Waals surface area (Å²) in [6, 6.07) is 7.49. The van der Waals surface area contributed by atoms with Crippen molar-refractivity contribution < 1.29 is 14.7 Å². The Labute approximate surface area is 101 Å². The first-order valence-corrected chi connectivity index (χ1v) is 5.97.